The number of aromatic nitrogens is 1. The molecule has 5 nitrogen and oxygen atoms in total. The van der Waals surface area contributed by atoms with Crippen LogP contribution in [0.15, 0.2) is 52.9 Å². The van der Waals surface area contributed by atoms with Crippen molar-refractivity contribution < 1.29 is 13.9 Å². The molecular formula is C17H16N2O3. The Morgan fingerprint density at radius 2 is 2.00 bits per heavy atom. The molecule has 1 amide bonds. The first-order chi connectivity index (χ1) is 10.6. The first kappa shape index (κ1) is 14.1. The van der Waals surface area contributed by atoms with Crippen LogP contribution in [0, 0.1) is 6.92 Å². The molecule has 0 bridgehead atoms. The zero-order chi connectivity index (χ0) is 15.5. The quantitative estimate of drug-likeness (QED) is 0.799. The van der Waals surface area contributed by atoms with Gasteiger partial charge in [-0.2, -0.15) is 0 Å². The monoisotopic (exact) mass is 296 g/mol. The smallest absolute Gasteiger partial charge is 0.265 e. The van der Waals surface area contributed by atoms with Gasteiger partial charge in [-0.25, -0.2) is 4.98 Å². The van der Waals surface area contributed by atoms with Crippen LogP contribution in [0.5, 0.6) is 5.75 Å². The minimum Gasteiger partial charge on any atom is -0.481 e. The van der Waals surface area contributed by atoms with E-state index in [4.69, 9.17) is 9.15 Å². The fourth-order valence-corrected chi connectivity index (χ4v) is 2.12. The molecule has 1 atom stereocenters. The molecule has 1 N–H and O–H groups in total. The summed E-state index contributed by atoms with van der Waals surface area (Å²) < 4.78 is 11.0. The van der Waals surface area contributed by atoms with Crippen molar-refractivity contribution in [2.75, 3.05) is 5.32 Å². The molecule has 0 aliphatic rings. The summed E-state index contributed by atoms with van der Waals surface area (Å²) in [5, 5.41) is 2.82. The maximum absolute atomic E-state index is 12.2. The number of benzene rings is 2. The molecule has 0 spiro atoms. The Bertz CT molecular complexity index is 796. The van der Waals surface area contributed by atoms with Crippen LogP contribution in [0.3, 0.4) is 0 Å². The zero-order valence-electron chi connectivity index (χ0n) is 12.4. The number of carbonyl (C=O) groups excluding carboxylic acids is 1. The number of carbonyl (C=O) groups is 1. The van der Waals surface area contributed by atoms with E-state index in [2.05, 4.69) is 10.3 Å². The summed E-state index contributed by atoms with van der Waals surface area (Å²) in [5.74, 6) is 1.04. The van der Waals surface area contributed by atoms with Crippen LogP contribution in [0.4, 0.5) is 5.69 Å². The van der Waals surface area contributed by atoms with Gasteiger partial charge in [0.15, 0.2) is 17.6 Å². The number of oxazole rings is 1. The van der Waals surface area contributed by atoms with E-state index in [1.54, 1.807) is 32.0 Å². The molecule has 0 aliphatic carbocycles. The van der Waals surface area contributed by atoms with Gasteiger partial charge < -0.3 is 14.5 Å². The largest absolute Gasteiger partial charge is 0.481 e. The number of ether oxygens (including phenoxy) is 1. The molecule has 3 aromatic rings. The highest BCUT2D eigenvalue weighted by Gasteiger charge is 2.15. The number of hydrogen-bond acceptors (Lipinski definition) is 4. The molecule has 0 aliphatic heterocycles. The molecule has 0 saturated carbocycles. The van der Waals surface area contributed by atoms with E-state index in [1.165, 1.54) is 0 Å². The number of nitrogens with zero attached hydrogens (tertiary/aromatic N) is 1. The summed E-state index contributed by atoms with van der Waals surface area (Å²) in [6, 6.07) is 14.6. The van der Waals surface area contributed by atoms with Crippen LogP contribution in [0.2, 0.25) is 0 Å². The Morgan fingerprint density at radius 3 is 2.77 bits per heavy atom. The fraction of sp³-hybridized carbons (Fsp3) is 0.176. The standard InChI is InChI=1S/C17H16N2O3/c1-11(21-14-6-4-3-5-7-14)17(20)19-13-8-9-16-15(10-13)18-12(2)22-16/h3-11H,1-2H3,(H,19,20)/t11-/m1/s1. The third-order valence-corrected chi connectivity index (χ3v) is 3.19. The Morgan fingerprint density at radius 1 is 1.23 bits per heavy atom. The number of fused-ring (bicyclic) bond motifs is 1. The molecule has 1 heterocycles. The lowest BCUT2D eigenvalue weighted by Crippen LogP contribution is -2.30. The van der Waals surface area contributed by atoms with Gasteiger partial charge in [-0.05, 0) is 37.3 Å². The lowest BCUT2D eigenvalue weighted by molar-refractivity contribution is -0.122. The third kappa shape index (κ3) is 3.09. The van der Waals surface area contributed by atoms with Gasteiger partial charge in [0.05, 0.1) is 0 Å². The molecule has 5 heteroatoms. The van der Waals surface area contributed by atoms with E-state index in [9.17, 15) is 4.79 Å². The maximum atomic E-state index is 12.2. The van der Waals surface area contributed by atoms with E-state index in [0.29, 0.717) is 28.4 Å². The van der Waals surface area contributed by atoms with E-state index in [0.717, 1.165) is 0 Å². The van der Waals surface area contributed by atoms with Crippen LogP contribution in [0.1, 0.15) is 12.8 Å². The third-order valence-electron chi connectivity index (χ3n) is 3.19. The van der Waals surface area contributed by atoms with Crippen molar-refractivity contribution in [2.45, 2.75) is 20.0 Å². The number of anilines is 1. The summed E-state index contributed by atoms with van der Waals surface area (Å²) in [5.41, 5.74) is 2.07. The number of hydrogen-bond donors (Lipinski definition) is 1. The molecule has 3 rings (SSSR count). The lowest BCUT2D eigenvalue weighted by Gasteiger charge is -2.14. The number of nitrogens with one attached hydrogen (secondary N) is 1. The SMILES string of the molecule is Cc1nc2cc(NC(=O)[C@@H](C)Oc3ccccc3)ccc2o1. The summed E-state index contributed by atoms with van der Waals surface area (Å²) >= 11 is 0. The van der Waals surface area contributed by atoms with Crippen molar-refractivity contribution in [1.82, 2.24) is 4.98 Å². The Labute approximate surface area is 127 Å². The molecule has 2 aromatic carbocycles. The van der Waals surface area contributed by atoms with Gasteiger partial charge in [-0.15, -0.1) is 0 Å². The summed E-state index contributed by atoms with van der Waals surface area (Å²) in [6.45, 7) is 3.50. The van der Waals surface area contributed by atoms with Crippen molar-refractivity contribution in [3.63, 3.8) is 0 Å². The van der Waals surface area contributed by atoms with Crippen LogP contribution >= 0.6 is 0 Å². The molecule has 1 aromatic heterocycles. The van der Waals surface area contributed by atoms with Gasteiger partial charge >= 0.3 is 0 Å². The number of aryl methyl sites for hydroxylation is 1. The average Bonchev–Trinajstić information content (AvgIpc) is 2.87. The molecule has 0 unspecified atom stereocenters. The maximum Gasteiger partial charge on any atom is 0.265 e. The summed E-state index contributed by atoms with van der Waals surface area (Å²) in [6.07, 6.45) is -0.600. The summed E-state index contributed by atoms with van der Waals surface area (Å²) in [4.78, 5) is 16.4. The molecule has 22 heavy (non-hydrogen) atoms. The highest BCUT2D eigenvalue weighted by molar-refractivity contribution is 5.95. The Kier molecular flexibility index (Phi) is 3.78. The highest BCUT2D eigenvalue weighted by atomic mass is 16.5. The van der Waals surface area contributed by atoms with Crippen molar-refractivity contribution in [1.29, 1.82) is 0 Å². The second-order valence-corrected chi connectivity index (χ2v) is 4.98. The molecule has 0 fully saturated rings. The topological polar surface area (TPSA) is 64.4 Å². The number of rotatable bonds is 4. The molecule has 0 saturated heterocycles. The van der Waals surface area contributed by atoms with Gasteiger partial charge in [-0.1, -0.05) is 18.2 Å². The van der Waals surface area contributed by atoms with Gasteiger partial charge in [0.1, 0.15) is 11.3 Å². The van der Waals surface area contributed by atoms with Crippen LogP contribution in [-0.2, 0) is 4.79 Å². The molecule has 0 radical (unpaired) electrons. The molecule has 112 valence electrons. The Hall–Kier alpha value is -2.82. The molecular weight excluding hydrogens is 280 g/mol. The van der Waals surface area contributed by atoms with Gasteiger partial charge in [-0.3, -0.25) is 4.79 Å². The van der Waals surface area contributed by atoms with E-state index >= 15 is 0 Å². The second kappa shape index (κ2) is 5.89. The lowest BCUT2D eigenvalue weighted by atomic mass is 10.2. The Balaban J connectivity index is 1.69. The van der Waals surface area contributed by atoms with E-state index < -0.39 is 6.10 Å². The number of para-hydroxylation sites is 1. The van der Waals surface area contributed by atoms with Crippen LogP contribution in [0.25, 0.3) is 11.1 Å². The van der Waals surface area contributed by atoms with E-state index in [-0.39, 0.29) is 5.91 Å². The van der Waals surface area contributed by atoms with Crippen molar-refractivity contribution >= 4 is 22.7 Å². The van der Waals surface area contributed by atoms with Crippen LogP contribution < -0.4 is 10.1 Å². The van der Waals surface area contributed by atoms with E-state index in [1.807, 2.05) is 30.3 Å². The second-order valence-electron chi connectivity index (χ2n) is 4.98. The van der Waals surface area contributed by atoms with Gasteiger partial charge in [0.2, 0.25) is 0 Å². The normalized spacial score (nSPS) is 12.1. The van der Waals surface area contributed by atoms with Crippen molar-refractivity contribution in [3.05, 3.63) is 54.4 Å². The van der Waals surface area contributed by atoms with Gasteiger partial charge in [0.25, 0.3) is 5.91 Å². The van der Waals surface area contributed by atoms with Crippen molar-refractivity contribution in [3.8, 4) is 5.75 Å². The summed E-state index contributed by atoms with van der Waals surface area (Å²) in [7, 11) is 0. The van der Waals surface area contributed by atoms with Gasteiger partial charge in [0, 0.05) is 12.6 Å². The number of amides is 1. The van der Waals surface area contributed by atoms with Crippen LogP contribution in [-0.4, -0.2) is 17.0 Å². The first-order valence-electron chi connectivity index (χ1n) is 7.01. The predicted molar refractivity (Wildman–Crippen MR) is 83.9 cm³/mol. The first-order valence-corrected chi connectivity index (χ1v) is 7.01. The zero-order valence-corrected chi connectivity index (χ0v) is 12.4. The minimum absolute atomic E-state index is 0.219. The minimum atomic E-state index is -0.600. The average molecular weight is 296 g/mol. The fourth-order valence-electron chi connectivity index (χ4n) is 2.12. The highest BCUT2D eigenvalue weighted by Crippen LogP contribution is 2.20. The van der Waals surface area contributed by atoms with Crippen molar-refractivity contribution in [2.24, 2.45) is 0 Å². The predicted octanol–water partition coefficient (Wildman–Crippen LogP) is 3.54.